The lowest BCUT2D eigenvalue weighted by Gasteiger charge is -2.14. The zero-order valence-corrected chi connectivity index (χ0v) is 34.6. The van der Waals surface area contributed by atoms with E-state index in [1.807, 2.05) is 6.07 Å². The van der Waals surface area contributed by atoms with Crippen LogP contribution in [0.2, 0.25) is 0 Å². The molecular formula is C43H65ClN2O12. The van der Waals surface area contributed by atoms with E-state index in [4.69, 9.17) is 57.6 Å². The first-order valence-corrected chi connectivity index (χ1v) is 19.9. The molecule has 4 N–H and O–H groups in total. The van der Waals surface area contributed by atoms with Crippen LogP contribution in [0, 0.1) is 0 Å². The van der Waals surface area contributed by atoms with E-state index in [0.717, 1.165) is 28.1 Å². The average Bonchev–Trinajstić information content (AvgIpc) is 3.24. The van der Waals surface area contributed by atoms with E-state index in [-0.39, 0.29) is 25.6 Å². The molecule has 0 fully saturated rings. The van der Waals surface area contributed by atoms with Gasteiger partial charge in [-0.3, -0.25) is 0 Å². The molecule has 0 heterocycles. The van der Waals surface area contributed by atoms with E-state index >= 15 is 0 Å². The molecule has 1 aliphatic rings. The summed E-state index contributed by atoms with van der Waals surface area (Å²) in [6, 6.07) is 19.0. The maximum absolute atomic E-state index is 8.65. The van der Waals surface area contributed by atoms with Gasteiger partial charge in [-0.05, 0) is 46.6 Å². The smallest absolute Gasteiger partial charge is 0.198 e. The van der Waals surface area contributed by atoms with Gasteiger partial charge in [0.2, 0.25) is 0 Å². The van der Waals surface area contributed by atoms with Crippen LogP contribution in [0.15, 0.2) is 84.5 Å². The molecule has 326 valence electrons. The second kappa shape index (κ2) is 37.0. The number of ether oxygens (including phenoxy) is 10. The monoisotopic (exact) mass is 836 g/mol. The Hall–Kier alpha value is -3.06. The lowest BCUT2D eigenvalue weighted by atomic mass is 9.91. The van der Waals surface area contributed by atoms with Gasteiger partial charge in [0.05, 0.1) is 139 Å². The van der Waals surface area contributed by atoms with E-state index in [2.05, 4.69) is 83.1 Å². The average molecular weight is 837 g/mol. The first-order valence-electron chi connectivity index (χ1n) is 19.9. The Balaban J connectivity index is 0.0000116. The summed E-state index contributed by atoms with van der Waals surface area (Å²) >= 11 is 0. The van der Waals surface area contributed by atoms with Crippen LogP contribution in [-0.2, 0) is 47.4 Å². The molecule has 58 heavy (non-hydrogen) atoms. The number of anilines is 1. The number of aliphatic hydroxyl groups is 2. The fourth-order valence-corrected chi connectivity index (χ4v) is 5.24. The van der Waals surface area contributed by atoms with Gasteiger partial charge in [0.25, 0.3) is 0 Å². The van der Waals surface area contributed by atoms with Gasteiger partial charge in [0.15, 0.2) is 12.3 Å². The van der Waals surface area contributed by atoms with E-state index in [1.54, 1.807) is 0 Å². The van der Waals surface area contributed by atoms with Crippen LogP contribution in [0.5, 0.6) is 0 Å². The first kappa shape index (κ1) is 51.1. The summed E-state index contributed by atoms with van der Waals surface area (Å²) in [5.74, 6) is 0. The van der Waals surface area contributed by atoms with Crippen LogP contribution in [0.3, 0.4) is 0 Å². The fourth-order valence-electron chi connectivity index (χ4n) is 5.24. The molecular weight excluding hydrogens is 772 g/mol. The standard InChI is InChI=1S/C43H64N2O12.ClH/c46-16-20-50-24-28-54-32-36-56-34-30-52-26-22-48-18-14-44-41-10-6-39(7-11-41)43(38-4-2-1-3-5-38)40-8-12-42(13-9-40)45-15-19-49-23-27-53-31-35-57-37-33-55-29-25-51-21-17-47;/h1-13,44,46-47H,14-37H2;1H. The number of allylic oxidation sites excluding steroid dienone is 5. The minimum atomic E-state index is 0. The van der Waals surface area contributed by atoms with Gasteiger partial charge in [0.1, 0.15) is 6.61 Å². The highest BCUT2D eigenvalue weighted by molar-refractivity contribution is 6.03. The summed E-state index contributed by atoms with van der Waals surface area (Å²) < 4.78 is 54.5. The number of nitrogens with one attached hydrogen (secondary N) is 2. The fraction of sp³-hybridized carbons (Fsp3) is 0.558. The Labute approximate surface area is 350 Å². The summed E-state index contributed by atoms with van der Waals surface area (Å²) in [5, 5.41) is 20.7. The Morgan fingerprint density at radius 3 is 1.24 bits per heavy atom. The van der Waals surface area contributed by atoms with Crippen molar-refractivity contribution in [2.75, 3.05) is 164 Å². The normalized spacial score (nSPS) is 12.2. The third-order valence-electron chi connectivity index (χ3n) is 8.01. The summed E-state index contributed by atoms with van der Waals surface area (Å²) in [6.07, 6.45) is 8.51. The van der Waals surface area contributed by atoms with Gasteiger partial charge in [-0.25, -0.2) is 4.99 Å². The number of aliphatic hydroxyl groups excluding tert-OH is 2. The predicted octanol–water partition coefficient (Wildman–Crippen LogP) is -1.30. The van der Waals surface area contributed by atoms with Crippen molar-refractivity contribution < 1.29 is 75.0 Å². The van der Waals surface area contributed by atoms with Crippen molar-refractivity contribution in [3.05, 3.63) is 95.6 Å². The predicted molar refractivity (Wildman–Crippen MR) is 219 cm³/mol. The molecule has 0 saturated carbocycles. The molecule has 0 spiro atoms. The van der Waals surface area contributed by atoms with Crippen molar-refractivity contribution in [2.45, 2.75) is 0 Å². The lowest BCUT2D eigenvalue weighted by Crippen LogP contribution is -3.00. The zero-order valence-electron chi connectivity index (χ0n) is 33.8. The summed E-state index contributed by atoms with van der Waals surface area (Å²) in [6.45, 7) is 11.2. The number of halogens is 1. The van der Waals surface area contributed by atoms with Crippen LogP contribution in [-0.4, -0.2) is 174 Å². The van der Waals surface area contributed by atoms with Gasteiger partial charge in [-0.2, -0.15) is 0 Å². The molecule has 0 bridgehead atoms. The van der Waals surface area contributed by atoms with Gasteiger partial charge in [-0.1, -0.05) is 42.5 Å². The van der Waals surface area contributed by atoms with Crippen LogP contribution in [0.1, 0.15) is 11.1 Å². The second-order valence-corrected chi connectivity index (χ2v) is 12.3. The Morgan fingerprint density at radius 1 is 0.431 bits per heavy atom. The maximum Gasteiger partial charge on any atom is 0.198 e. The van der Waals surface area contributed by atoms with Crippen LogP contribution < -0.4 is 22.7 Å². The highest BCUT2D eigenvalue weighted by Crippen LogP contribution is 2.30. The minimum Gasteiger partial charge on any atom is -1.00 e. The zero-order chi connectivity index (χ0) is 40.1. The summed E-state index contributed by atoms with van der Waals surface area (Å²) in [5.41, 5.74) is 6.65. The Morgan fingerprint density at radius 2 is 0.810 bits per heavy atom. The van der Waals surface area contributed by atoms with Crippen molar-refractivity contribution in [3.63, 3.8) is 0 Å². The summed E-state index contributed by atoms with van der Waals surface area (Å²) in [4.78, 5) is 3.44. The third kappa shape index (κ3) is 25.4. The van der Waals surface area contributed by atoms with E-state index < -0.39 is 0 Å². The molecule has 14 nitrogen and oxygen atoms in total. The number of rotatable bonds is 37. The summed E-state index contributed by atoms with van der Waals surface area (Å²) in [7, 11) is 0. The molecule has 0 aromatic heterocycles. The lowest BCUT2D eigenvalue weighted by molar-refractivity contribution is -0.459. The molecule has 3 rings (SSSR count). The molecule has 2 aromatic rings. The molecule has 0 amide bonds. The van der Waals surface area contributed by atoms with Crippen molar-refractivity contribution >= 4 is 17.0 Å². The highest BCUT2D eigenvalue weighted by atomic mass is 35.5. The largest absolute Gasteiger partial charge is 1.00 e. The minimum absolute atomic E-state index is 0. The van der Waals surface area contributed by atoms with Crippen molar-refractivity contribution in [1.82, 2.24) is 0 Å². The molecule has 2 aromatic carbocycles. The van der Waals surface area contributed by atoms with Gasteiger partial charge >= 0.3 is 0 Å². The Bertz CT molecular complexity index is 1360. The molecule has 0 saturated heterocycles. The molecule has 0 unspecified atom stereocenters. The quantitative estimate of drug-likeness (QED) is 0.0597. The molecule has 15 heteroatoms. The third-order valence-corrected chi connectivity index (χ3v) is 8.01. The van der Waals surface area contributed by atoms with Crippen molar-refractivity contribution in [3.8, 4) is 0 Å². The van der Waals surface area contributed by atoms with Gasteiger partial charge < -0.3 is 75.3 Å². The molecule has 0 aliphatic heterocycles. The van der Waals surface area contributed by atoms with E-state index in [1.165, 1.54) is 5.57 Å². The SMILES string of the molecule is OCCOCCOCCOCCOCCOCCNc1ccc(C(=C2C=CC(=[NH+]CCOCCOCCOCCOCCOCCO)C=C2)c2ccccc2)cc1.[Cl-]. The molecule has 0 atom stereocenters. The van der Waals surface area contributed by atoms with Crippen LogP contribution in [0.4, 0.5) is 5.69 Å². The number of benzene rings is 2. The topological polar surface area (TPSA) is 159 Å². The van der Waals surface area contributed by atoms with Crippen LogP contribution in [0.25, 0.3) is 5.57 Å². The van der Waals surface area contributed by atoms with E-state index in [9.17, 15) is 0 Å². The molecule has 1 aliphatic carbocycles. The number of hydrogen-bond donors (Lipinski definition) is 4. The highest BCUT2D eigenvalue weighted by Gasteiger charge is 2.12. The second-order valence-electron chi connectivity index (χ2n) is 12.3. The van der Waals surface area contributed by atoms with E-state index in [0.29, 0.717) is 145 Å². The Kier molecular flexibility index (Phi) is 32.6. The van der Waals surface area contributed by atoms with Crippen molar-refractivity contribution in [1.29, 1.82) is 0 Å². The first-order chi connectivity index (χ1) is 28.3. The van der Waals surface area contributed by atoms with Gasteiger partial charge in [-0.15, -0.1) is 0 Å². The maximum atomic E-state index is 8.65. The van der Waals surface area contributed by atoms with Crippen molar-refractivity contribution in [2.24, 2.45) is 0 Å². The number of hydrogen-bond acceptors (Lipinski definition) is 13. The van der Waals surface area contributed by atoms with Gasteiger partial charge in [0, 0.05) is 24.4 Å². The molecule has 0 radical (unpaired) electrons. The van der Waals surface area contributed by atoms with Crippen LogP contribution >= 0.6 is 0 Å².